The minimum atomic E-state index is 0.194. The van der Waals surface area contributed by atoms with Crippen LogP contribution < -0.4 is 0 Å². The third-order valence-corrected chi connectivity index (χ3v) is 7.18. The molecule has 0 saturated carbocycles. The normalized spacial score (nSPS) is 13.1. The van der Waals surface area contributed by atoms with E-state index in [0.29, 0.717) is 0 Å². The summed E-state index contributed by atoms with van der Waals surface area (Å²) in [7, 11) is 0. The largest absolute Gasteiger partial charge is 0.173 e. The van der Waals surface area contributed by atoms with E-state index in [-0.39, 0.29) is 4.75 Å². The van der Waals surface area contributed by atoms with E-state index in [1.165, 1.54) is 141 Å². The van der Waals surface area contributed by atoms with Crippen molar-refractivity contribution < 1.29 is 0 Å². The highest BCUT2D eigenvalue weighted by Crippen LogP contribution is 2.33. The lowest BCUT2D eigenvalue weighted by Crippen LogP contribution is -2.24. The van der Waals surface area contributed by atoms with Crippen molar-refractivity contribution in [2.75, 3.05) is 0 Å². The van der Waals surface area contributed by atoms with E-state index in [1.807, 2.05) is 0 Å². The molecule has 0 saturated heterocycles. The summed E-state index contributed by atoms with van der Waals surface area (Å²) in [5, 5.41) is 0. The average Bonchev–Trinajstić information content (AvgIpc) is 2.68. The molecule has 0 rings (SSSR count). The zero-order chi connectivity index (χ0) is 21.6. The maximum atomic E-state index is 4.93. The molecular formula is C28H58S. The summed E-state index contributed by atoms with van der Waals surface area (Å²) in [6.07, 6.45) is 31.6. The van der Waals surface area contributed by atoms with Crippen molar-refractivity contribution in [3.05, 3.63) is 0 Å². The fourth-order valence-corrected chi connectivity index (χ4v) is 4.87. The lowest BCUT2D eigenvalue weighted by atomic mass is 9.85. The summed E-state index contributed by atoms with van der Waals surface area (Å²) in [5.74, 6) is 0.800. The van der Waals surface area contributed by atoms with Gasteiger partial charge in [0.1, 0.15) is 0 Å². The van der Waals surface area contributed by atoms with Crippen molar-refractivity contribution >= 4 is 12.6 Å². The van der Waals surface area contributed by atoms with E-state index in [4.69, 9.17) is 12.6 Å². The van der Waals surface area contributed by atoms with E-state index in [2.05, 4.69) is 27.7 Å². The first-order valence-corrected chi connectivity index (χ1v) is 14.2. The first kappa shape index (κ1) is 29.4. The molecule has 0 aliphatic rings. The zero-order valence-corrected chi connectivity index (χ0v) is 22.0. The van der Waals surface area contributed by atoms with E-state index < -0.39 is 0 Å². The molecule has 0 aromatic carbocycles. The number of hydrogen-bond acceptors (Lipinski definition) is 1. The predicted molar refractivity (Wildman–Crippen MR) is 139 cm³/mol. The van der Waals surface area contributed by atoms with Gasteiger partial charge in [-0.05, 0) is 18.8 Å². The molecule has 0 nitrogen and oxygen atoms in total. The Kier molecular flexibility index (Phi) is 21.8. The summed E-state index contributed by atoms with van der Waals surface area (Å²) < 4.78 is 0.194. The van der Waals surface area contributed by atoms with Gasteiger partial charge >= 0.3 is 0 Å². The first-order chi connectivity index (χ1) is 14.0. The molecule has 0 spiro atoms. The lowest BCUT2D eigenvalue weighted by Gasteiger charge is -2.30. The third kappa shape index (κ3) is 21.4. The van der Waals surface area contributed by atoms with Crippen LogP contribution in [0.3, 0.4) is 0 Å². The van der Waals surface area contributed by atoms with Gasteiger partial charge < -0.3 is 0 Å². The second-order valence-electron chi connectivity index (χ2n) is 10.3. The van der Waals surface area contributed by atoms with Crippen LogP contribution in [0.2, 0.25) is 0 Å². The Morgan fingerprint density at radius 3 is 0.931 bits per heavy atom. The Bertz CT molecular complexity index is 304. The van der Waals surface area contributed by atoms with Gasteiger partial charge in [-0.15, -0.1) is 0 Å². The van der Waals surface area contributed by atoms with E-state index >= 15 is 0 Å². The highest BCUT2D eigenvalue weighted by molar-refractivity contribution is 7.81. The molecule has 1 unspecified atom stereocenters. The van der Waals surface area contributed by atoms with Crippen molar-refractivity contribution in [3.8, 4) is 0 Å². The first-order valence-electron chi connectivity index (χ1n) is 13.7. The lowest BCUT2D eigenvalue weighted by molar-refractivity contribution is 0.342. The molecule has 0 aliphatic heterocycles. The molecule has 0 bridgehead atoms. The molecule has 0 aromatic heterocycles. The smallest absolute Gasteiger partial charge is 0.0101 e. The molecule has 0 radical (unpaired) electrons. The van der Waals surface area contributed by atoms with Crippen LogP contribution in [0, 0.1) is 5.92 Å². The Hall–Kier alpha value is 0.350. The van der Waals surface area contributed by atoms with Crippen LogP contribution >= 0.6 is 12.6 Å². The van der Waals surface area contributed by atoms with Crippen LogP contribution in [0.1, 0.15) is 169 Å². The predicted octanol–water partition coefficient (Wildman–Crippen LogP) is 10.9. The molecule has 29 heavy (non-hydrogen) atoms. The monoisotopic (exact) mass is 426 g/mol. The van der Waals surface area contributed by atoms with Gasteiger partial charge in [0, 0.05) is 4.75 Å². The Labute approximate surface area is 192 Å². The molecule has 1 atom stereocenters. The summed E-state index contributed by atoms with van der Waals surface area (Å²) >= 11 is 4.93. The van der Waals surface area contributed by atoms with Crippen molar-refractivity contribution in [1.29, 1.82) is 0 Å². The quantitative estimate of drug-likeness (QED) is 0.122. The maximum absolute atomic E-state index is 4.93. The Morgan fingerprint density at radius 2 is 0.690 bits per heavy atom. The van der Waals surface area contributed by atoms with Gasteiger partial charge in [-0.1, -0.05) is 156 Å². The van der Waals surface area contributed by atoms with Crippen molar-refractivity contribution in [2.24, 2.45) is 5.92 Å². The summed E-state index contributed by atoms with van der Waals surface area (Å²) in [6, 6.07) is 0. The van der Waals surface area contributed by atoms with Crippen LogP contribution in [0.15, 0.2) is 0 Å². The molecule has 0 fully saturated rings. The second kappa shape index (κ2) is 21.6. The van der Waals surface area contributed by atoms with Crippen LogP contribution in [0.4, 0.5) is 0 Å². The van der Waals surface area contributed by atoms with Crippen molar-refractivity contribution in [1.82, 2.24) is 0 Å². The van der Waals surface area contributed by atoms with Gasteiger partial charge in [0.05, 0.1) is 0 Å². The minimum Gasteiger partial charge on any atom is -0.173 e. The number of rotatable bonds is 23. The summed E-state index contributed by atoms with van der Waals surface area (Å²) in [6.45, 7) is 9.27. The van der Waals surface area contributed by atoms with E-state index in [0.717, 1.165) is 5.92 Å². The van der Waals surface area contributed by atoms with Gasteiger partial charge in [-0.3, -0.25) is 0 Å². The molecule has 1 heteroatoms. The van der Waals surface area contributed by atoms with Gasteiger partial charge in [-0.25, -0.2) is 0 Å². The highest BCUT2D eigenvalue weighted by Gasteiger charge is 2.24. The fraction of sp³-hybridized carbons (Fsp3) is 1.00. The molecule has 0 N–H and O–H groups in total. The molecule has 0 amide bonds. The number of hydrogen-bond donors (Lipinski definition) is 1. The molecule has 0 heterocycles. The fourth-order valence-electron chi connectivity index (χ4n) is 4.61. The van der Waals surface area contributed by atoms with Crippen molar-refractivity contribution in [2.45, 2.75) is 174 Å². The van der Waals surface area contributed by atoms with Gasteiger partial charge in [0.15, 0.2) is 0 Å². The minimum absolute atomic E-state index is 0.194. The number of unbranched alkanes of at least 4 members (excludes halogenated alkanes) is 18. The second-order valence-corrected chi connectivity index (χ2v) is 11.4. The van der Waals surface area contributed by atoms with Gasteiger partial charge in [0.2, 0.25) is 0 Å². The maximum Gasteiger partial charge on any atom is 0.0101 e. The summed E-state index contributed by atoms with van der Waals surface area (Å²) in [4.78, 5) is 0. The number of thiol groups is 1. The van der Waals surface area contributed by atoms with E-state index in [9.17, 15) is 0 Å². The standard InChI is InChI=1S/C28H58S/c1-5-7-9-11-13-14-15-16-17-18-19-20-22-24-26-27(28(3,4)29)25-23-21-12-10-8-6-2/h27,29H,5-26H2,1-4H3. The van der Waals surface area contributed by atoms with Crippen LogP contribution in [0.5, 0.6) is 0 Å². The topological polar surface area (TPSA) is 0 Å². The zero-order valence-electron chi connectivity index (χ0n) is 21.1. The molecule has 0 aliphatic carbocycles. The highest BCUT2D eigenvalue weighted by atomic mass is 32.1. The molecule has 176 valence electrons. The van der Waals surface area contributed by atoms with Gasteiger partial charge in [-0.2, -0.15) is 12.6 Å². The van der Waals surface area contributed by atoms with Crippen LogP contribution in [-0.2, 0) is 0 Å². The van der Waals surface area contributed by atoms with Crippen LogP contribution in [-0.4, -0.2) is 4.75 Å². The van der Waals surface area contributed by atoms with Crippen LogP contribution in [0.25, 0.3) is 0 Å². The van der Waals surface area contributed by atoms with Crippen molar-refractivity contribution in [3.63, 3.8) is 0 Å². The molecule has 0 aromatic rings. The van der Waals surface area contributed by atoms with E-state index in [1.54, 1.807) is 0 Å². The molecular weight excluding hydrogens is 368 g/mol. The van der Waals surface area contributed by atoms with Gasteiger partial charge in [0.25, 0.3) is 0 Å². The summed E-state index contributed by atoms with van der Waals surface area (Å²) in [5.41, 5.74) is 0. The Balaban J connectivity index is 3.51. The third-order valence-electron chi connectivity index (χ3n) is 6.81. The average molecular weight is 427 g/mol. The SMILES string of the molecule is CCCCCCCCCCCCCCCCC(CCCCCCCC)C(C)(C)S. The Morgan fingerprint density at radius 1 is 0.448 bits per heavy atom.